The van der Waals surface area contributed by atoms with Gasteiger partial charge in [0.15, 0.2) is 0 Å². The van der Waals surface area contributed by atoms with Crippen molar-refractivity contribution in [2.45, 2.75) is 0 Å². The van der Waals surface area contributed by atoms with Crippen molar-refractivity contribution in [3.8, 4) is 5.88 Å². The topological polar surface area (TPSA) is 46.0 Å². The first-order valence-electron chi connectivity index (χ1n) is 2.98. The third-order valence-corrected chi connectivity index (χ3v) is 1.19. The summed E-state index contributed by atoms with van der Waals surface area (Å²) in [6.07, 6.45) is 2.04. The van der Waals surface area contributed by atoms with Gasteiger partial charge in [0.05, 0.1) is 18.9 Å². The van der Waals surface area contributed by atoms with Crippen LogP contribution >= 0.6 is 0 Å². The molecule has 0 atom stereocenters. The van der Waals surface area contributed by atoms with Crippen molar-refractivity contribution < 1.29 is 9.13 Å². The summed E-state index contributed by atoms with van der Waals surface area (Å²) in [5.41, 5.74) is 0.340. The number of hydrogen-bond donors (Lipinski definition) is 1. The summed E-state index contributed by atoms with van der Waals surface area (Å²) < 4.78 is 17.2. The lowest BCUT2D eigenvalue weighted by atomic mass is 10.3. The lowest BCUT2D eigenvalue weighted by Gasteiger charge is -2.00. The molecule has 1 aromatic rings. The number of nitrogens with zero attached hydrogens (tertiary/aromatic N) is 1. The summed E-state index contributed by atoms with van der Waals surface area (Å²) in [7, 11) is 1.42. The van der Waals surface area contributed by atoms with E-state index in [0.717, 1.165) is 12.4 Å². The quantitative estimate of drug-likeness (QED) is 0.651. The molecule has 0 radical (unpaired) electrons. The van der Waals surface area contributed by atoms with Gasteiger partial charge in [-0.25, -0.2) is 9.37 Å². The highest BCUT2D eigenvalue weighted by Gasteiger charge is 2.01. The molecule has 0 saturated heterocycles. The minimum atomic E-state index is -0.468. The van der Waals surface area contributed by atoms with Gasteiger partial charge in [-0.05, 0) is 6.07 Å². The molecule has 0 spiro atoms. The van der Waals surface area contributed by atoms with Crippen molar-refractivity contribution in [2.75, 3.05) is 7.11 Å². The molecule has 0 aliphatic rings. The first kappa shape index (κ1) is 7.65. The number of rotatable bonds is 2. The van der Waals surface area contributed by atoms with Crippen LogP contribution in [-0.2, 0) is 0 Å². The summed E-state index contributed by atoms with van der Waals surface area (Å²) in [6, 6.07) is 1.19. The standard InChI is InChI=1S/C7H7FN2O/c1-11-7-5(3-9)2-6(8)4-10-7/h2-4,9H,1H3. The molecule has 0 unspecified atom stereocenters. The smallest absolute Gasteiger partial charge is 0.222 e. The van der Waals surface area contributed by atoms with Gasteiger partial charge in [-0.15, -0.1) is 0 Å². The van der Waals surface area contributed by atoms with Gasteiger partial charge in [-0.1, -0.05) is 0 Å². The molecule has 0 saturated carbocycles. The van der Waals surface area contributed by atoms with Gasteiger partial charge in [0.1, 0.15) is 5.82 Å². The highest BCUT2D eigenvalue weighted by Crippen LogP contribution is 2.12. The van der Waals surface area contributed by atoms with Crippen molar-refractivity contribution in [3.63, 3.8) is 0 Å². The van der Waals surface area contributed by atoms with E-state index in [2.05, 4.69) is 4.98 Å². The maximum absolute atomic E-state index is 12.4. The predicted octanol–water partition coefficient (Wildman–Crippen LogP) is 1.23. The third kappa shape index (κ3) is 1.52. The monoisotopic (exact) mass is 154 g/mol. The Bertz CT molecular complexity index is 275. The van der Waals surface area contributed by atoms with Crippen molar-refractivity contribution >= 4 is 6.21 Å². The zero-order valence-electron chi connectivity index (χ0n) is 5.97. The van der Waals surface area contributed by atoms with Crippen LogP contribution < -0.4 is 4.74 Å². The molecule has 1 rings (SSSR count). The number of pyridine rings is 1. The molecule has 0 aromatic carbocycles. The fourth-order valence-electron chi connectivity index (χ4n) is 0.716. The number of ether oxygens (including phenoxy) is 1. The van der Waals surface area contributed by atoms with E-state index in [9.17, 15) is 4.39 Å². The van der Waals surface area contributed by atoms with Crippen molar-refractivity contribution in [1.82, 2.24) is 4.98 Å². The van der Waals surface area contributed by atoms with Gasteiger partial charge in [0.2, 0.25) is 5.88 Å². The summed E-state index contributed by atoms with van der Waals surface area (Å²) in [5.74, 6) is -0.203. The van der Waals surface area contributed by atoms with Gasteiger partial charge in [0, 0.05) is 6.21 Å². The van der Waals surface area contributed by atoms with E-state index < -0.39 is 5.82 Å². The van der Waals surface area contributed by atoms with Crippen LogP contribution in [0.5, 0.6) is 5.88 Å². The molecule has 1 heterocycles. The van der Waals surface area contributed by atoms with Crippen LogP contribution in [0.4, 0.5) is 4.39 Å². The Hall–Kier alpha value is -1.45. The maximum atomic E-state index is 12.4. The average Bonchev–Trinajstić information content (AvgIpc) is 2.04. The highest BCUT2D eigenvalue weighted by molar-refractivity contribution is 5.79. The van der Waals surface area contributed by atoms with E-state index in [-0.39, 0.29) is 5.88 Å². The SMILES string of the molecule is COc1ncc(F)cc1C=N. The van der Waals surface area contributed by atoms with Gasteiger partial charge >= 0.3 is 0 Å². The molecule has 0 bridgehead atoms. The van der Waals surface area contributed by atoms with Gasteiger partial charge in [-0.2, -0.15) is 0 Å². The maximum Gasteiger partial charge on any atom is 0.222 e. The summed E-state index contributed by atoms with van der Waals surface area (Å²) >= 11 is 0. The van der Waals surface area contributed by atoms with Gasteiger partial charge in [-0.3, -0.25) is 0 Å². The normalized spacial score (nSPS) is 9.27. The molecule has 0 fully saturated rings. The second kappa shape index (κ2) is 3.09. The number of methoxy groups -OCH3 is 1. The minimum absolute atomic E-state index is 0.265. The van der Waals surface area contributed by atoms with Crippen molar-refractivity contribution in [1.29, 1.82) is 5.41 Å². The first-order chi connectivity index (χ1) is 5.27. The van der Waals surface area contributed by atoms with E-state index >= 15 is 0 Å². The van der Waals surface area contributed by atoms with Crippen molar-refractivity contribution in [3.05, 3.63) is 23.6 Å². The van der Waals surface area contributed by atoms with Crippen LogP contribution in [0.15, 0.2) is 12.3 Å². The minimum Gasteiger partial charge on any atom is -0.481 e. The Balaban J connectivity index is 3.16. The lowest BCUT2D eigenvalue weighted by molar-refractivity contribution is 0.395. The largest absolute Gasteiger partial charge is 0.481 e. The second-order valence-corrected chi connectivity index (χ2v) is 1.90. The van der Waals surface area contributed by atoms with E-state index in [0.29, 0.717) is 5.56 Å². The molecule has 1 N–H and O–H groups in total. The van der Waals surface area contributed by atoms with Gasteiger partial charge in [0.25, 0.3) is 0 Å². The number of hydrogen-bond acceptors (Lipinski definition) is 3. The summed E-state index contributed by atoms with van der Waals surface area (Å²) in [5, 5.41) is 6.87. The fraction of sp³-hybridized carbons (Fsp3) is 0.143. The number of aromatic nitrogens is 1. The molecule has 11 heavy (non-hydrogen) atoms. The molecule has 58 valence electrons. The first-order valence-corrected chi connectivity index (χ1v) is 2.98. The molecule has 0 aliphatic heterocycles. The van der Waals surface area contributed by atoms with Crippen LogP contribution in [0.25, 0.3) is 0 Å². The predicted molar refractivity (Wildman–Crippen MR) is 38.6 cm³/mol. The molecule has 0 aliphatic carbocycles. The zero-order chi connectivity index (χ0) is 8.27. The summed E-state index contributed by atoms with van der Waals surface area (Å²) in [4.78, 5) is 3.62. The van der Waals surface area contributed by atoms with E-state index in [4.69, 9.17) is 10.1 Å². The second-order valence-electron chi connectivity index (χ2n) is 1.90. The van der Waals surface area contributed by atoms with E-state index in [1.165, 1.54) is 13.2 Å². The molecule has 1 aromatic heterocycles. The Morgan fingerprint density at radius 3 is 3.00 bits per heavy atom. The van der Waals surface area contributed by atoms with Gasteiger partial charge < -0.3 is 10.1 Å². The Morgan fingerprint density at radius 2 is 2.45 bits per heavy atom. The van der Waals surface area contributed by atoms with E-state index in [1.54, 1.807) is 0 Å². The van der Waals surface area contributed by atoms with Crippen LogP contribution in [-0.4, -0.2) is 18.3 Å². The lowest BCUT2D eigenvalue weighted by Crippen LogP contribution is -1.94. The molecule has 4 heteroatoms. The van der Waals surface area contributed by atoms with Crippen LogP contribution in [0.2, 0.25) is 0 Å². The number of nitrogens with one attached hydrogen (secondary N) is 1. The third-order valence-electron chi connectivity index (χ3n) is 1.19. The van der Waals surface area contributed by atoms with E-state index in [1.807, 2.05) is 0 Å². The van der Waals surface area contributed by atoms with Crippen LogP contribution in [0.1, 0.15) is 5.56 Å². The van der Waals surface area contributed by atoms with Crippen LogP contribution in [0, 0.1) is 11.2 Å². The van der Waals surface area contributed by atoms with Crippen LogP contribution in [0.3, 0.4) is 0 Å². The zero-order valence-corrected chi connectivity index (χ0v) is 5.97. The Labute approximate surface area is 63.3 Å². The number of halogens is 1. The highest BCUT2D eigenvalue weighted by atomic mass is 19.1. The molecular formula is C7H7FN2O. The fourth-order valence-corrected chi connectivity index (χ4v) is 0.716. The Morgan fingerprint density at radius 1 is 1.73 bits per heavy atom. The molecule has 3 nitrogen and oxygen atoms in total. The molecule has 0 amide bonds. The van der Waals surface area contributed by atoms with Crippen molar-refractivity contribution in [2.24, 2.45) is 0 Å². The molecular weight excluding hydrogens is 147 g/mol. The Kier molecular flexibility index (Phi) is 2.15. The summed E-state index contributed by atoms with van der Waals surface area (Å²) in [6.45, 7) is 0. The average molecular weight is 154 g/mol.